The Bertz CT molecular complexity index is 1930. The van der Waals surface area contributed by atoms with Gasteiger partial charge in [0.2, 0.25) is 0 Å². The molecule has 0 N–H and O–H groups in total. The summed E-state index contributed by atoms with van der Waals surface area (Å²) >= 11 is 0. The second-order valence-electron chi connectivity index (χ2n) is 8.99. The third-order valence-corrected chi connectivity index (χ3v) is 8.26. The molecular formula is C30H22N4O2S. The smallest absolute Gasteiger partial charge is 0.268 e. The van der Waals surface area contributed by atoms with Gasteiger partial charge in [0.1, 0.15) is 5.82 Å². The Kier molecular flexibility index (Phi) is 5.40. The van der Waals surface area contributed by atoms with Gasteiger partial charge in [0, 0.05) is 17.1 Å². The van der Waals surface area contributed by atoms with Crippen LogP contribution in [0.2, 0.25) is 0 Å². The van der Waals surface area contributed by atoms with Gasteiger partial charge in [-0.1, -0.05) is 66.2 Å². The molecule has 180 valence electrons. The van der Waals surface area contributed by atoms with E-state index in [-0.39, 0.29) is 4.90 Å². The maximum Gasteiger partial charge on any atom is 0.268 e. The zero-order chi connectivity index (χ0) is 25.6. The van der Waals surface area contributed by atoms with Crippen LogP contribution in [-0.2, 0) is 16.6 Å². The molecule has 37 heavy (non-hydrogen) atoms. The highest BCUT2D eigenvalue weighted by molar-refractivity contribution is 7.90. The molecule has 0 aliphatic rings. The van der Waals surface area contributed by atoms with Crippen LogP contribution in [0, 0.1) is 18.3 Å². The third-order valence-electron chi connectivity index (χ3n) is 6.58. The van der Waals surface area contributed by atoms with E-state index >= 15 is 0 Å². The minimum absolute atomic E-state index is 0.238. The molecule has 4 aromatic carbocycles. The normalized spacial score (nSPS) is 11.7. The van der Waals surface area contributed by atoms with Gasteiger partial charge in [0.25, 0.3) is 10.0 Å². The average Bonchev–Trinajstić information content (AvgIpc) is 3.48. The van der Waals surface area contributed by atoms with E-state index in [9.17, 15) is 13.7 Å². The Morgan fingerprint density at radius 3 is 2.35 bits per heavy atom. The van der Waals surface area contributed by atoms with Crippen LogP contribution in [0.15, 0.2) is 108 Å². The van der Waals surface area contributed by atoms with E-state index in [0.717, 1.165) is 38.9 Å². The largest absolute Gasteiger partial charge is 0.319 e. The molecule has 6 nitrogen and oxygen atoms in total. The zero-order valence-corrected chi connectivity index (χ0v) is 20.9. The summed E-state index contributed by atoms with van der Waals surface area (Å²) < 4.78 is 30.8. The first-order valence-electron chi connectivity index (χ1n) is 11.8. The van der Waals surface area contributed by atoms with Crippen LogP contribution < -0.4 is 0 Å². The molecule has 0 bridgehead atoms. The second kappa shape index (κ2) is 8.77. The number of imidazole rings is 1. The lowest BCUT2D eigenvalue weighted by Crippen LogP contribution is -2.12. The minimum Gasteiger partial charge on any atom is -0.319 e. The highest BCUT2D eigenvalue weighted by Gasteiger charge is 2.22. The van der Waals surface area contributed by atoms with Gasteiger partial charge in [-0.25, -0.2) is 17.4 Å². The minimum atomic E-state index is -3.81. The van der Waals surface area contributed by atoms with Crippen LogP contribution in [0.4, 0.5) is 0 Å². The highest BCUT2D eigenvalue weighted by Crippen LogP contribution is 2.31. The Morgan fingerprint density at radius 2 is 1.59 bits per heavy atom. The summed E-state index contributed by atoms with van der Waals surface area (Å²) in [6.45, 7) is 2.31. The molecule has 7 heteroatoms. The molecular weight excluding hydrogens is 480 g/mol. The van der Waals surface area contributed by atoms with Crippen LogP contribution in [0.25, 0.3) is 33.3 Å². The van der Waals surface area contributed by atoms with E-state index in [0.29, 0.717) is 17.6 Å². The SMILES string of the molecule is Cc1ccc(S(=O)(=O)n2cc(Cn3c(-c4ccccc4)nc4ccc(C#N)cc43)c3ccccc32)cc1. The fraction of sp³-hybridized carbons (Fsp3) is 0.0667. The molecule has 0 atom stereocenters. The number of hydrogen-bond donors (Lipinski definition) is 0. The molecule has 0 saturated carbocycles. The van der Waals surface area contributed by atoms with E-state index in [2.05, 4.69) is 10.6 Å². The summed E-state index contributed by atoms with van der Waals surface area (Å²) in [6.07, 6.45) is 1.70. The van der Waals surface area contributed by atoms with Crippen molar-refractivity contribution in [3.8, 4) is 17.5 Å². The monoisotopic (exact) mass is 502 g/mol. The maximum absolute atomic E-state index is 13.7. The van der Waals surface area contributed by atoms with Gasteiger partial charge in [-0.2, -0.15) is 5.26 Å². The van der Waals surface area contributed by atoms with Gasteiger partial charge in [-0.05, 0) is 48.9 Å². The first kappa shape index (κ1) is 22.8. The molecule has 6 rings (SSSR count). The number of hydrogen-bond acceptors (Lipinski definition) is 4. The quantitative estimate of drug-likeness (QED) is 0.284. The second-order valence-corrected chi connectivity index (χ2v) is 10.8. The molecule has 0 radical (unpaired) electrons. The lowest BCUT2D eigenvalue weighted by Gasteiger charge is -2.09. The highest BCUT2D eigenvalue weighted by atomic mass is 32.2. The average molecular weight is 503 g/mol. The first-order chi connectivity index (χ1) is 18.0. The maximum atomic E-state index is 13.7. The van der Waals surface area contributed by atoms with Gasteiger partial charge in [-0.15, -0.1) is 0 Å². The van der Waals surface area contributed by atoms with Gasteiger partial charge in [0.15, 0.2) is 0 Å². The van der Waals surface area contributed by atoms with Crippen molar-refractivity contribution in [2.75, 3.05) is 0 Å². The zero-order valence-electron chi connectivity index (χ0n) is 20.0. The number of nitriles is 1. The van der Waals surface area contributed by atoms with E-state index in [1.807, 2.05) is 73.7 Å². The number of aromatic nitrogens is 3. The van der Waals surface area contributed by atoms with Crippen molar-refractivity contribution in [1.82, 2.24) is 13.5 Å². The van der Waals surface area contributed by atoms with Gasteiger partial charge < -0.3 is 4.57 Å². The van der Waals surface area contributed by atoms with E-state index in [1.54, 1.807) is 36.5 Å². The molecule has 0 amide bonds. The van der Waals surface area contributed by atoms with Crippen molar-refractivity contribution in [2.45, 2.75) is 18.4 Å². The lowest BCUT2D eigenvalue weighted by molar-refractivity contribution is 0.589. The topological polar surface area (TPSA) is 80.7 Å². The molecule has 0 saturated heterocycles. The summed E-state index contributed by atoms with van der Waals surface area (Å²) in [7, 11) is -3.81. The van der Waals surface area contributed by atoms with Gasteiger partial charge >= 0.3 is 0 Å². The predicted octanol–water partition coefficient (Wildman–Crippen LogP) is 6.12. The van der Waals surface area contributed by atoms with E-state index < -0.39 is 10.0 Å². The summed E-state index contributed by atoms with van der Waals surface area (Å²) in [5.41, 5.74) is 5.51. The van der Waals surface area contributed by atoms with Crippen LogP contribution in [0.1, 0.15) is 16.7 Å². The molecule has 0 spiro atoms. The van der Waals surface area contributed by atoms with E-state index in [1.165, 1.54) is 3.97 Å². The number of nitrogens with zero attached hydrogens (tertiary/aromatic N) is 4. The summed E-state index contributed by atoms with van der Waals surface area (Å²) in [5.74, 6) is 0.754. The van der Waals surface area contributed by atoms with Crippen molar-refractivity contribution in [2.24, 2.45) is 0 Å². The Labute approximate surface area is 214 Å². The van der Waals surface area contributed by atoms with Crippen molar-refractivity contribution < 1.29 is 8.42 Å². The number of benzene rings is 4. The molecule has 2 aromatic heterocycles. The van der Waals surface area contributed by atoms with Crippen LogP contribution in [0.5, 0.6) is 0 Å². The van der Waals surface area contributed by atoms with Gasteiger partial charge in [0.05, 0.1) is 39.6 Å². The van der Waals surface area contributed by atoms with Crippen molar-refractivity contribution >= 4 is 32.0 Å². The number of rotatable bonds is 5. The predicted molar refractivity (Wildman–Crippen MR) is 145 cm³/mol. The molecule has 0 unspecified atom stereocenters. The van der Waals surface area contributed by atoms with Crippen LogP contribution in [-0.4, -0.2) is 21.9 Å². The Balaban J connectivity index is 1.56. The summed E-state index contributed by atoms with van der Waals surface area (Å²) in [6, 6.07) is 31.9. The molecule has 0 fully saturated rings. The molecule has 6 aromatic rings. The van der Waals surface area contributed by atoms with Crippen LogP contribution >= 0.6 is 0 Å². The molecule has 2 heterocycles. The Hall–Kier alpha value is -4.67. The summed E-state index contributed by atoms with van der Waals surface area (Å²) in [4.78, 5) is 5.11. The number of fused-ring (bicyclic) bond motifs is 2. The number of aryl methyl sites for hydroxylation is 1. The first-order valence-corrected chi connectivity index (χ1v) is 13.3. The Morgan fingerprint density at radius 1 is 0.865 bits per heavy atom. The fourth-order valence-corrected chi connectivity index (χ4v) is 6.09. The standard InChI is InChI=1S/C30H22N4O2S/c1-21-11-14-25(15-12-21)37(35,36)34-20-24(26-9-5-6-10-28(26)34)19-33-29-17-22(18-31)13-16-27(29)32-30(33)23-7-3-2-4-8-23/h2-17,20H,19H2,1H3. The third kappa shape index (κ3) is 3.88. The number of para-hydroxylation sites is 1. The lowest BCUT2D eigenvalue weighted by atomic mass is 10.1. The van der Waals surface area contributed by atoms with Crippen molar-refractivity contribution in [3.05, 3.63) is 120 Å². The van der Waals surface area contributed by atoms with E-state index in [4.69, 9.17) is 4.98 Å². The summed E-state index contributed by atoms with van der Waals surface area (Å²) in [5, 5.41) is 10.4. The molecule has 0 aliphatic carbocycles. The fourth-order valence-electron chi connectivity index (χ4n) is 4.70. The van der Waals surface area contributed by atoms with Crippen molar-refractivity contribution in [3.63, 3.8) is 0 Å². The van der Waals surface area contributed by atoms with Crippen LogP contribution in [0.3, 0.4) is 0 Å². The van der Waals surface area contributed by atoms with Crippen molar-refractivity contribution in [1.29, 1.82) is 5.26 Å². The molecule has 0 aliphatic heterocycles. The van der Waals surface area contributed by atoms with Gasteiger partial charge in [-0.3, -0.25) is 0 Å².